The summed E-state index contributed by atoms with van der Waals surface area (Å²) >= 11 is 3.41. The molecule has 3 aromatic rings. The second-order valence-corrected chi connectivity index (χ2v) is 7.92. The molecule has 0 spiro atoms. The summed E-state index contributed by atoms with van der Waals surface area (Å²) in [4.78, 5) is 24.6. The molecule has 0 aromatic heterocycles. The molecule has 0 radical (unpaired) electrons. The molecule has 34 heavy (non-hydrogen) atoms. The SMILES string of the molecule is COc1ccccc1NC(=O)COc1ccc(/C=C(\C#N)C(=O)NCc2ccccc2)cc1Br. The van der Waals surface area contributed by atoms with Crippen LogP contribution >= 0.6 is 15.9 Å². The van der Waals surface area contributed by atoms with Gasteiger partial charge in [-0.05, 0) is 57.4 Å². The molecule has 0 heterocycles. The first-order valence-corrected chi connectivity index (χ1v) is 11.1. The molecule has 0 bridgehead atoms. The maximum atomic E-state index is 12.4. The molecule has 2 amide bonds. The van der Waals surface area contributed by atoms with Gasteiger partial charge in [0, 0.05) is 6.54 Å². The first-order valence-electron chi connectivity index (χ1n) is 10.3. The molecule has 2 N–H and O–H groups in total. The van der Waals surface area contributed by atoms with Gasteiger partial charge < -0.3 is 20.1 Å². The topological polar surface area (TPSA) is 100 Å². The monoisotopic (exact) mass is 519 g/mol. The zero-order valence-corrected chi connectivity index (χ0v) is 20.0. The standard InChI is InChI=1S/C26H22BrN3O4/c1-33-24-10-6-5-9-22(24)30-25(31)17-34-23-12-11-19(14-21(23)27)13-20(15-28)26(32)29-16-18-7-3-2-4-8-18/h2-14H,16-17H2,1H3,(H,29,32)(H,30,31)/b20-13+. The number of halogens is 1. The van der Waals surface area contributed by atoms with Crippen molar-refractivity contribution in [3.8, 4) is 17.6 Å². The van der Waals surface area contributed by atoms with Gasteiger partial charge in [0.1, 0.15) is 23.1 Å². The quantitative estimate of drug-likeness (QED) is 0.315. The van der Waals surface area contributed by atoms with Crippen molar-refractivity contribution in [2.75, 3.05) is 19.0 Å². The molecule has 0 saturated carbocycles. The summed E-state index contributed by atoms with van der Waals surface area (Å²) in [7, 11) is 1.53. The highest BCUT2D eigenvalue weighted by Crippen LogP contribution is 2.27. The Hall–Kier alpha value is -4.09. The number of para-hydroxylation sites is 2. The maximum Gasteiger partial charge on any atom is 0.262 e. The van der Waals surface area contributed by atoms with E-state index in [1.165, 1.54) is 13.2 Å². The summed E-state index contributed by atoms with van der Waals surface area (Å²) in [6.07, 6.45) is 1.49. The second kappa shape index (κ2) is 12.2. The summed E-state index contributed by atoms with van der Waals surface area (Å²) < 4.78 is 11.4. The van der Waals surface area contributed by atoms with Crippen LogP contribution in [0.15, 0.2) is 82.8 Å². The smallest absolute Gasteiger partial charge is 0.262 e. The van der Waals surface area contributed by atoms with E-state index in [2.05, 4.69) is 26.6 Å². The van der Waals surface area contributed by atoms with Crippen LogP contribution in [0.5, 0.6) is 11.5 Å². The van der Waals surface area contributed by atoms with Gasteiger partial charge in [-0.1, -0.05) is 48.5 Å². The van der Waals surface area contributed by atoms with Gasteiger partial charge in [-0.2, -0.15) is 5.26 Å². The fraction of sp³-hybridized carbons (Fsp3) is 0.115. The van der Waals surface area contributed by atoms with E-state index in [1.54, 1.807) is 36.4 Å². The number of rotatable bonds is 9. The molecule has 7 nitrogen and oxygen atoms in total. The van der Waals surface area contributed by atoms with Crippen molar-refractivity contribution in [2.24, 2.45) is 0 Å². The van der Waals surface area contributed by atoms with Crippen LogP contribution in [-0.2, 0) is 16.1 Å². The second-order valence-electron chi connectivity index (χ2n) is 7.07. The number of methoxy groups -OCH3 is 1. The number of anilines is 1. The highest BCUT2D eigenvalue weighted by atomic mass is 79.9. The van der Waals surface area contributed by atoms with Crippen molar-refractivity contribution in [1.82, 2.24) is 5.32 Å². The molecule has 0 fully saturated rings. The van der Waals surface area contributed by atoms with Crippen molar-refractivity contribution in [2.45, 2.75) is 6.54 Å². The molecule has 0 atom stereocenters. The van der Waals surface area contributed by atoms with Crippen LogP contribution in [-0.4, -0.2) is 25.5 Å². The number of nitrogens with one attached hydrogen (secondary N) is 2. The summed E-state index contributed by atoms with van der Waals surface area (Å²) in [5, 5.41) is 14.9. The number of carbonyl (C=O) groups is 2. The van der Waals surface area contributed by atoms with Crippen LogP contribution < -0.4 is 20.1 Å². The third-order valence-electron chi connectivity index (χ3n) is 4.67. The Bertz CT molecular complexity index is 1240. The molecule has 0 aliphatic rings. The highest BCUT2D eigenvalue weighted by Gasteiger charge is 2.11. The van der Waals surface area contributed by atoms with Gasteiger partial charge in [0.25, 0.3) is 11.8 Å². The Morgan fingerprint density at radius 3 is 2.47 bits per heavy atom. The average molecular weight is 520 g/mol. The number of benzene rings is 3. The van der Waals surface area contributed by atoms with Crippen molar-refractivity contribution in [1.29, 1.82) is 5.26 Å². The lowest BCUT2D eigenvalue weighted by Crippen LogP contribution is -2.23. The fourth-order valence-corrected chi connectivity index (χ4v) is 3.50. The van der Waals surface area contributed by atoms with E-state index >= 15 is 0 Å². The minimum absolute atomic E-state index is 0.0207. The fourth-order valence-electron chi connectivity index (χ4n) is 2.99. The van der Waals surface area contributed by atoms with E-state index in [9.17, 15) is 14.9 Å². The van der Waals surface area contributed by atoms with Crippen molar-refractivity contribution in [3.05, 3.63) is 94.0 Å². The Balaban J connectivity index is 1.59. The number of hydrogen-bond donors (Lipinski definition) is 2. The van der Waals surface area contributed by atoms with Crippen LogP contribution in [0.25, 0.3) is 6.08 Å². The number of nitriles is 1. The number of hydrogen-bond acceptors (Lipinski definition) is 5. The Morgan fingerprint density at radius 1 is 1.03 bits per heavy atom. The van der Waals surface area contributed by atoms with Crippen LogP contribution in [0.4, 0.5) is 5.69 Å². The van der Waals surface area contributed by atoms with Gasteiger partial charge in [-0.15, -0.1) is 0 Å². The van der Waals surface area contributed by atoms with E-state index < -0.39 is 5.91 Å². The van der Waals surface area contributed by atoms with Crippen LogP contribution in [0.1, 0.15) is 11.1 Å². The summed E-state index contributed by atoms with van der Waals surface area (Å²) in [5.74, 6) is 0.187. The average Bonchev–Trinajstić information content (AvgIpc) is 2.86. The van der Waals surface area contributed by atoms with E-state index in [4.69, 9.17) is 9.47 Å². The molecular formula is C26H22BrN3O4. The van der Waals surface area contributed by atoms with Gasteiger partial charge in [-0.3, -0.25) is 9.59 Å². The summed E-state index contributed by atoms with van der Waals surface area (Å²) in [6.45, 7) is 0.114. The molecule has 0 aliphatic heterocycles. The van der Waals surface area contributed by atoms with Gasteiger partial charge >= 0.3 is 0 Å². The number of amides is 2. The first-order chi connectivity index (χ1) is 16.5. The molecule has 3 rings (SSSR count). The molecule has 0 unspecified atom stereocenters. The number of nitrogens with zero attached hydrogens (tertiary/aromatic N) is 1. The zero-order valence-electron chi connectivity index (χ0n) is 18.4. The van der Waals surface area contributed by atoms with Crippen LogP contribution in [0.3, 0.4) is 0 Å². The molecule has 3 aromatic carbocycles. The van der Waals surface area contributed by atoms with Gasteiger partial charge in [0.15, 0.2) is 6.61 Å². The molecule has 8 heteroatoms. The normalized spacial score (nSPS) is 10.7. The van der Waals surface area contributed by atoms with Gasteiger partial charge in [-0.25, -0.2) is 0 Å². The zero-order chi connectivity index (χ0) is 24.3. The molecule has 172 valence electrons. The van der Waals surface area contributed by atoms with E-state index in [0.717, 1.165) is 5.56 Å². The van der Waals surface area contributed by atoms with E-state index in [0.29, 0.717) is 33.8 Å². The van der Waals surface area contributed by atoms with Crippen molar-refractivity contribution in [3.63, 3.8) is 0 Å². The predicted octanol–water partition coefficient (Wildman–Crippen LogP) is 4.70. The van der Waals surface area contributed by atoms with E-state index in [-0.39, 0.29) is 18.1 Å². The lowest BCUT2D eigenvalue weighted by atomic mass is 10.1. The van der Waals surface area contributed by atoms with Crippen LogP contribution in [0.2, 0.25) is 0 Å². The number of carbonyl (C=O) groups excluding carboxylic acids is 2. The Kier molecular flexibility index (Phi) is 8.83. The highest BCUT2D eigenvalue weighted by molar-refractivity contribution is 9.10. The summed E-state index contributed by atoms with van der Waals surface area (Å²) in [5.41, 5.74) is 2.09. The predicted molar refractivity (Wildman–Crippen MR) is 133 cm³/mol. The summed E-state index contributed by atoms with van der Waals surface area (Å²) in [6, 6.07) is 23.5. The van der Waals surface area contributed by atoms with E-state index in [1.807, 2.05) is 42.5 Å². The van der Waals surface area contributed by atoms with Crippen LogP contribution in [0, 0.1) is 11.3 Å². The maximum absolute atomic E-state index is 12.4. The van der Waals surface area contributed by atoms with Gasteiger partial charge in [0.2, 0.25) is 0 Å². The Labute approximate surface area is 206 Å². The lowest BCUT2D eigenvalue weighted by molar-refractivity contribution is -0.118. The minimum atomic E-state index is -0.462. The van der Waals surface area contributed by atoms with Crippen molar-refractivity contribution >= 4 is 39.5 Å². The van der Waals surface area contributed by atoms with Crippen molar-refractivity contribution < 1.29 is 19.1 Å². The Morgan fingerprint density at radius 2 is 1.76 bits per heavy atom. The number of ether oxygens (including phenoxy) is 2. The lowest BCUT2D eigenvalue weighted by Gasteiger charge is -2.11. The third kappa shape index (κ3) is 6.95. The molecular weight excluding hydrogens is 498 g/mol. The molecule has 0 saturated heterocycles. The minimum Gasteiger partial charge on any atom is -0.495 e. The van der Waals surface area contributed by atoms with Gasteiger partial charge in [0.05, 0.1) is 17.3 Å². The molecule has 0 aliphatic carbocycles. The first kappa shape index (κ1) is 24.6. The third-order valence-corrected chi connectivity index (χ3v) is 5.29. The largest absolute Gasteiger partial charge is 0.495 e.